The molecule has 0 bridgehead atoms. The van der Waals surface area contributed by atoms with Gasteiger partial charge >= 0.3 is 6.03 Å². The van der Waals surface area contributed by atoms with Crippen molar-refractivity contribution in [2.75, 3.05) is 11.5 Å². The number of para-hydroxylation sites is 1. The second-order valence-corrected chi connectivity index (χ2v) is 6.53. The minimum atomic E-state index is -0.797. The van der Waals surface area contributed by atoms with E-state index in [9.17, 15) is 14.4 Å². The summed E-state index contributed by atoms with van der Waals surface area (Å²) < 4.78 is 7.30. The van der Waals surface area contributed by atoms with Gasteiger partial charge in [0.15, 0.2) is 0 Å². The number of nitrogens with one attached hydrogen (secondary N) is 1. The number of ether oxygens (including phenoxy) is 1. The Morgan fingerprint density at radius 1 is 0.933 bits per heavy atom. The molecule has 1 aliphatic heterocycles. The summed E-state index contributed by atoms with van der Waals surface area (Å²) in [6.45, 7) is 2.29. The van der Waals surface area contributed by atoms with E-state index < -0.39 is 17.8 Å². The van der Waals surface area contributed by atoms with E-state index in [1.54, 1.807) is 30.3 Å². The van der Waals surface area contributed by atoms with Gasteiger partial charge in [-0.3, -0.25) is 14.9 Å². The first kappa shape index (κ1) is 19.2. The molecule has 3 aromatic rings. The van der Waals surface area contributed by atoms with E-state index in [0.717, 1.165) is 10.6 Å². The zero-order valence-corrected chi connectivity index (χ0v) is 16.2. The fourth-order valence-corrected chi connectivity index (χ4v) is 3.25. The van der Waals surface area contributed by atoms with Crippen molar-refractivity contribution in [3.05, 3.63) is 84.2 Å². The normalized spacial score (nSPS) is 15.4. The Hall–Kier alpha value is -4.13. The summed E-state index contributed by atoms with van der Waals surface area (Å²) in [5.41, 5.74) is 1.71. The Kier molecular flexibility index (Phi) is 5.17. The lowest BCUT2D eigenvalue weighted by atomic mass is 10.1. The molecule has 2 heterocycles. The molecule has 7 nitrogen and oxygen atoms in total. The smallest absolute Gasteiger partial charge is 0.335 e. The molecular formula is C23H19N3O4. The second-order valence-electron chi connectivity index (χ2n) is 6.53. The lowest BCUT2D eigenvalue weighted by Crippen LogP contribution is -2.54. The summed E-state index contributed by atoms with van der Waals surface area (Å²) in [6, 6.07) is 19.0. The molecule has 1 saturated heterocycles. The topological polar surface area (TPSA) is 80.6 Å². The van der Waals surface area contributed by atoms with Crippen LogP contribution in [0.25, 0.3) is 11.8 Å². The summed E-state index contributed by atoms with van der Waals surface area (Å²) in [5.74, 6) is -0.905. The van der Waals surface area contributed by atoms with Gasteiger partial charge in [0, 0.05) is 23.6 Å². The van der Waals surface area contributed by atoms with Crippen LogP contribution >= 0.6 is 0 Å². The minimum absolute atomic E-state index is 0.132. The lowest BCUT2D eigenvalue weighted by molar-refractivity contribution is -0.122. The molecule has 0 aliphatic carbocycles. The predicted octanol–water partition coefficient (Wildman–Crippen LogP) is 3.54. The zero-order valence-electron chi connectivity index (χ0n) is 16.2. The number of anilines is 1. The average molecular weight is 401 g/mol. The molecule has 30 heavy (non-hydrogen) atoms. The number of urea groups is 1. The number of hydrogen-bond donors (Lipinski definition) is 1. The predicted molar refractivity (Wildman–Crippen MR) is 112 cm³/mol. The van der Waals surface area contributed by atoms with E-state index >= 15 is 0 Å². The molecule has 0 unspecified atom stereocenters. The summed E-state index contributed by atoms with van der Waals surface area (Å²) >= 11 is 0. The van der Waals surface area contributed by atoms with Gasteiger partial charge in [0.1, 0.15) is 11.3 Å². The third-order valence-corrected chi connectivity index (χ3v) is 4.60. The highest BCUT2D eigenvalue weighted by Crippen LogP contribution is 2.26. The van der Waals surface area contributed by atoms with Crippen molar-refractivity contribution in [3.8, 4) is 11.4 Å². The highest BCUT2D eigenvalue weighted by molar-refractivity contribution is 6.39. The van der Waals surface area contributed by atoms with Crippen molar-refractivity contribution in [1.29, 1.82) is 0 Å². The maximum absolute atomic E-state index is 13.1. The molecule has 1 aliphatic rings. The van der Waals surface area contributed by atoms with Crippen LogP contribution in [0.1, 0.15) is 12.6 Å². The Balaban J connectivity index is 1.72. The quantitative estimate of drug-likeness (QED) is 0.524. The number of carbonyl (C=O) groups is 3. The molecule has 1 N–H and O–H groups in total. The van der Waals surface area contributed by atoms with Gasteiger partial charge in [-0.1, -0.05) is 24.3 Å². The van der Waals surface area contributed by atoms with E-state index in [1.165, 1.54) is 6.08 Å². The van der Waals surface area contributed by atoms with E-state index in [2.05, 4.69) is 5.32 Å². The van der Waals surface area contributed by atoms with Crippen molar-refractivity contribution >= 4 is 29.6 Å². The van der Waals surface area contributed by atoms with Crippen LogP contribution in [-0.4, -0.2) is 29.0 Å². The van der Waals surface area contributed by atoms with Gasteiger partial charge < -0.3 is 9.30 Å². The molecule has 0 atom stereocenters. The van der Waals surface area contributed by atoms with E-state index in [-0.39, 0.29) is 5.57 Å². The van der Waals surface area contributed by atoms with Gasteiger partial charge in [-0.05, 0) is 49.4 Å². The lowest BCUT2D eigenvalue weighted by Gasteiger charge is -2.26. The van der Waals surface area contributed by atoms with Gasteiger partial charge in [-0.2, -0.15) is 0 Å². The summed E-state index contributed by atoms with van der Waals surface area (Å²) in [6.07, 6.45) is 3.32. The molecule has 7 heteroatoms. The van der Waals surface area contributed by atoms with Crippen LogP contribution in [0.5, 0.6) is 5.75 Å². The van der Waals surface area contributed by atoms with E-state index in [4.69, 9.17) is 4.74 Å². The molecular weight excluding hydrogens is 382 g/mol. The second kappa shape index (κ2) is 8.08. The molecule has 0 saturated carbocycles. The molecule has 150 valence electrons. The maximum Gasteiger partial charge on any atom is 0.335 e. The Morgan fingerprint density at radius 2 is 1.70 bits per heavy atom. The first-order valence-corrected chi connectivity index (χ1v) is 9.45. The standard InChI is InChI=1S/C23H19N3O4/c1-2-30-19-12-6-10-18(14-19)26-22(28)20(21(27)24-23(26)29)15-17-11-7-13-25(17)16-8-4-3-5-9-16/h3-15H,2H2,1H3,(H,24,27,29). The molecule has 4 rings (SSSR count). The number of rotatable bonds is 5. The van der Waals surface area contributed by atoms with Gasteiger partial charge in [-0.15, -0.1) is 0 Å². The minimum Gasteiger partial charge on any atom is -0.494 e. The van der Waals surface area contributed by atoms with Crippen LogP contribution in [0.15, 0.2) is 78.5 Å². The zero-order chi connectivity index (χ0) is 21.1. The number of nitrogens with zero attached hydrogens (tertiary/aromatic N) is 2. The summed E-state index contributed by atoms with van der Waals surface area (Å²) in [4.78, 5) is 38.9. The number of amides is 4. The first-order valence-electron chi connectivity index (χ1n) is 9.45. The van der Waals surface area contributed by atoms with Gasteiger partial charge in [0.2, 0.25) is 0 Å². The fraction of sp³-hybridized carbons (Fsp3) is 0.0870. The highest BCUT2D eigenvalue weighted by atomic mass is 16.5. The molecule has 0 spiro atoms. The van der Waals surface area contributed by atoms with Crippen LogP contribution in [0.3, 0.4) is 0 Å². The fourth-order valence-electron chi connectivity index (χ4n) is 3.25. The van der Waals surface area contributed by atoms with Crippen LogP contribution in [0.4, 0.5) is 10.5 Å². The SMILES string of the molecule is CCOc1cccc(N2C(=O)NC(=O)C(=Cc3cccn3-c3ccccc3)C2=O)c1. The van der Waals surface area contributed by atoms with Crippen LogP contribution < -0.4 is 15.0 Å². The average Bonchev–Trinajstić information content (AvgIpc) is 3.20. The van der Waals surface area contributed by atoms with Crippen molar-refractivity contribution in [1.82, 2.24) is 9.88 Å². The molecule has 1 aromatic heterocycles. The molecule has 4 amide bonds. The number of aromatic nitrogens is 1. The largest absolute Gasteiger partial charge is 0.494 e. The van der Waals surface area contributed by atoms with Crippen molar-refractivity contribution in [2.24, 2.45) is 0 Å². The Bertz CT molecular complexity index is 1150. The van der Waals surface area contributed by atoms with Crippen molar-refractivity contribution in [3.63, 3.8) is 0 Å². The highest BCUT2D eigenvalue weighted by Gasteiger charge is 2.37. The monoisotopic (exact) mass is 401 g/mol. The molecule has 2 aromatic carbocycles. The number of barbiturate groups is 1. The van der Waals surface area contributed by atoms with E-state index in [1.807, 2.05) is 54.1 Å². The Morgan fingerprint density at radius 3 is 2.47 bits per heavy atom. The van der Waals surface area contributed by atoms with Crippen LogP contribution in [-0.2, 0) is 9.59 Å². The van der Waals surface area contributed by atoms with Gasteiger partial charge in [0.05, 0.1) is 12.3 Å². The number of benzene rings is 2. The summed E-state index contributed by atoms with van der Waals surface area (Å²) in [7, 11) is 0. The third-order valence-electron chi connectivity index (χ3n) is 4.60. The van der Waals surface area contributed by atoms with Gasteiger partial charge in [0.25, 0.3) is 11.8 Å². The van der Waals surface area contributed by atoms with Crippen LogP contribution in [0.2, 0.25) is 0 Å². The number of imide groups is 2. The molecule has 1 fully saturated rings. The summed E-state index contributed by atoms with van der Waals surface area (Å²) in [5, 5.41) is 2.24. The van der Waals surface area contributed by atoms with E-state index in [0.29, 0.717) is 23.7 Å². The third kappa shape index (κ3) is 3.60. The molecule has 0 radical (unpaired) electrons. The van der Waals surface area contributed by atoms with Gasteiger partial charge in [-0.25, -0.2) is 9.69 Å². The number of hydrogen-bond acceptors (Lipinski definition) is 4. The number of carbonyl (C=O) groups excluding carboxylic acids is 3. The first-order chi connectivity index (χ1) is 14.6. The Labute approximate surface area is 173 Å². The maximum atomic E-state index is 13.1. The van der Waals surface area contributed by atoms with Crippen molar-refractivity contribution < 1.29 is 19.1 Å². The van der Waals surface area contributed by atoms with Crippen molar-refractivity contribution in [2.45, 2.75) is 6.92 Å². The van der Waals surface area contributed by atoms with Crippen LogP contribution in [0, 0.1) is 0 Å².